The molecule has 0 saturated carbocycles. The fourth-order valence-corrected chi connectivity index (χ4v) is 2.62. The molecule has 0 N–H and O–H groups in total. The van der Waals surface area contributed by atoms with Gasteiger partial charge in [0.1, 0.15) is 0 Å². The van der Waals surface area contributed by atoms with Crippen molar-refractivity contribution < 1.29 is 102 Å². The molecule has 0 spiro atoms. The van der Waals surface area contributed by atoms with Gasteiger partial charge in [-0.3, -0.25) is 0 Å². The summed E-state index contributed by atoms with van der Waals surface area (Å²) < 4.78 is 0. The van der Waals surface area contributed by atoms with Crippen LogP contribution in [-0.4, -0.2) is 17.9 Å². The average Bonchev–Trinajstić information content (AvgIpc) is 2.68. The predicted octanol–water partition coefficient (Wildman–Crippen LogP) is -5.70. The zero-order chi connectivity index (χ0) is 23.5. The maximum Gasteiger partial charge on any atom is 3.00 e. The number of rotatable bonds is 18. The molecule has 6 nitrogen and oxygen atoms in total. The van der Waals surface area contributed by atoms with Crippen LogP contribution in [0.5, 0.6) is 0 Å². The minimum absolute atomic E-state index is 0. The smallest absolute Gasteiger partial charge is 1.00 e. The fraction of sp³-hybridized carbons (Fsp3) is 0.875. The van der Waals surface area contributed by atoms with Crippen LogP contribution in [-0.2, 0) is 49.1 Å². The molecule has 0 aliphatic heterocycles. The van der Waals surface area contributed by atoms with Crippen LogP contribution in [0.25, 0.3) is 0 Å². The molecule has 0 aromatic heterocycles. The summed E-state index contributed by atoms with van der Waals surface area (Å²) in [6.07, 6.45) is 16.8. The molecule has 0 rings (SSSR count). The van der Waals surface area contributed by atoms with E-state index in [0.717, 1.165) is 57.8 Å². The maximum atomic E-state index is 9.92. The van der Waals surface area contributed by atoms with Gasteiger partial charge in [0.15, 0.2) is 0 Å². The van der Waals surface area contributed by atoms with E-state index in [1.165, 1.54) is 38.5 Å². The van der Waals surface area contributed by atoms with Crippen molar-refractivity contribution in [3.05, 3.63) is 0 Å². The van der Waals surface area contributed by atoms with Gasteiger partial charge in [-0.05, 0) is 38.5 Å². The van der Waals surface area contributed by atoms with Crippen molar-refractivity contribution in [2.75, 3.05) is 0 Å². The average molecular weight is 640 g/mol. The van der Waals surface area contributed by atoms with Gasteiger partial charge in [0, 0.05) is 17.9 Å². The zero-order valence-corrected chi connectivity index (χ0v) is 26.4. The van der Waals surface area contributed by atoms with Crippen LogP contribution in [0.1, 0.15) is 136 Å². The molecule has 0 aromatic carbocycles. The second-order valence-corrected chi connectivity index (χ2v) is 7.61. The summed E-state index contributed by atoms with van der Waals surface area (Å²) >= 11 is 0. The molecule has 0 atom stereocenters. The van der Waals surface area contributed by atoms with Crippen molar-refractivity contribution in [2.24, 2.45) is 0 Å². The summed E-state index contributed by atoms with van der Waals surface area (Å²) in [6.45, 7) is 6.41. The second-order valence-electron chi connectivity index (χ2n) is 7.61. The van der Waals surface area contributed by atoms with Crippen molar-refractivity contribution in [2.45, 2.75) is 136 Å². The number of carbonyl (C=O) groups is 3. The number of hydrogen-bond acceptors (Lipinski definition) is 6. The first-order valence-corrected chi connectivity index (χ1v) is 11.9. The monoisotopic (exact) mass is 638 g/mol. The molecule has 0 aromatic rings. The summed E-state index contributed by atoms with van der Waals surface area (Å²) in [4.78, 5) is 29.8. The number of carboxylic acid groups (broad SMARTS) is 3. The molecule has 0 bridgehead atoms. The molecule has 11 heteroatoms. The Morgan fingerprint density at radius 2 is 0.571 bits per heavy atom. The summed E-state index contributed by atoms with van der Waals surface area (Å²) in [6, 6.07) is 0. The Morgan fingerprint density at radius 1 is 0.400 bits per heavy atom. The van der Waals surface area contributed by atoms with Gasteiger partial charge in [0.25, 0.3) is 0 Å². The number of hydrogen-bond donors (Lipinski definition) is 0. The van der Waals surface area contributed by atoms with Crippen LogP contribution in [0.4, 0.5) is 0 Å². The summed E-state index contributed by atoms with van der Waals surface area (Å²) in [7, 11) is 0. The van der Waals surface area contributed by atoms with E-state index in [0.29, 0.717) is 0 Å². The van der Waals surface area contributed by atoms with Gasteiger partial charge < -0.3 is 66.9 Å². The van der Waals surface area contributed by atoms with Crippen LogP contribution in [0, 0.1) is 0 Å². The van der Waals surface area contributed by atoms with E-state index < -0.39 is 17.9 Å². The first-order valence-electron chi connectivity index (χ1n) is 11.9. The van der Waals surface area contributed by atoms with Crippen molar-refractivity contribution in [1.29, 1.82) is 0 Å². The Morgan fingerprint density at radius 3 is 0.714 bits per heavy atom. The fourth-order valence-electron chi connectivity index (χ4n) is 2.62. The van der Waals surface area contributed by atoms with Gasteiger partial charge in [-0.2, -0.15) is 0 Å². The number of halogens is 3. The van der Waals surface area contributed by atoms with Crippen molar-refractivity contribution in [3.8, 4) is 0 Å². The first kappa shape index (κ1) is 55.8. The molecule has 0 aliphatic carbocycles. The van der Waals surface area contributed by atoms with Crippen LogP contribution in [0.15, 0.2) is 0 Å². The van der Waals surface area contributed by atoms with Crippen molar-refractivity contribution >= 4 is 17.9 Å². The Bertz CT molecular complexity index is 350. The normalized spacial score (nSPS) is 8.31. The molecule has 0 aliphatic rings. The van der Waals surface area contributed by atoms with E-state index in [1.54, 1.807) is 0 Å². The third kappa shape index (κ3) is 78.9. The largest absolute Gasteiger partial charge is 3.00 e. The third-order valence-electron chi connectivity index (χ3n) is 4.45. The van der Waals surface area contributed by atoms with Gasteiger partial charge in [-0.1, -0.05) is 97.8 Å². The number of carbonyl (C=O) groups excluding carboxylic acids is 3. The van der Waals surface area contributed by atoms with E-state index in [1.807, 2.05) is 0 Å². The summed E-state index contributed by atoms with van der Waals surface area (Å²) in [5.74, 6) is -2.76. The third-order valence-corrected chi connectivity index (χ3v) is 4.45. The first-order chi connectivity index (χ1) is 14.3. The predicted molar refractivity (Wildman–Crippen MR) is 115 cm³/mol. The SMILES string of the molecule is CCCCCCCC(=O)[O-].CCCCCCCC(=O)[O-].CCCCCCCC(=O)[O-].[Cl-].[Cl-].[Cl-].[Cr+3].[Cr+3]. The van der Waals surface area contributed by atoms with E-state index in [2.05, 4.69) is 20.8 Å². The maximum absolute atomic E-state index is 9.92. The Balaban J connectivity index is -0.0000000486. The summed E-state index contributed by atoms with van der Waals surface area (Å²) in [5.41, 5.74) is 0. The molecule has 0 fully saturated rings. The minimum Gasteiger partial charge on any atom is -1.00 e. The number of aliphatic carboxylic acids is 3. The van der Waals surface area contributed by atoms with E-state index in [-0.39, 0.29) is 91.2 Å². The Labute approximate surface area is 254 Å². The van der Waals surface area contributed by atoms with Gasteiger partial charge in [0.2, 0.25) is 0 Å². The molecule has 0 unspecified atom stereocenters. The van der Waals surface area contributed by atoms with Crippen LogP contribution in [0.3, 0.4) is 0 Å². The molecular weight excluding hydrogens is 595 g/mol. The van der Waals surface area contributed by atoms with Gasteiger partial charge in [-0.25, -0.2) is 0 Å². The molecule has 0 amide bonds. The van der Waals surface area contributed by atoms with Crippen LogP contribution >= 0.6 is 0 Å². The number of unbranched alkanes of at least 4 members (excludes halogenated alkanes) is 12. The molecule has 210 valence electrons. The summed E-state index contributed by atoms with van der Waals surface area (Å²) in [5, 5.41) is 29.8. The second kappa shape index (κ2) is 51.1. The quantitative estimate of drug-likeness (QED) is 0.138. The topological polar surface area (TPSA) is 120 Å². The number of carboxylic acids is 3. The van der Waals surface area contributed by atoms with Crippen molar-refractivity contribution in [1.82, 2.24) is 0 Å². The molecule has 0 saturated heterocycles. The Hall–Kier alpha value is 0.345. The van der Waals surface area contributed by atoms with Crippen LogP contribution < -0.4 is 52.5 Å². The van der Waals surface area contributed by atoms with E-state index in [4.69, 9.17) is 0 Å². The van der Waals surface area contributed by atoms with E-state index in [9.17, 15) is 29.7 Å². The molecule has 35 heavy (non-hydrogen) atoms. The van der Waals surface area contributed by atoms with Crippen molar-refractivity contribution in [3.63, 3.8) is 0 Å². The van der Waals surface area contributed by atoms with Gasteiger partial charge >= 0.3 is 34.7 Å². The van der Waals surface area contributed by atoms with Gasteiger partial charge in [-0.15, -0.1) is 0 Å². The standard InChI is InChI=1S/3C8H16O2.3ClH.2Cr/c3*1-2-3-4-5-6-7-8(9)10;;;;;/h3*2-7H2,1H3,(H,9,10);3*1H;;/q;;;;;;2*+3/p-6. The molecule has 2 radical (unpaired) electrons. The van der Waals surface area contributed by atoms with Crippen LogP contribution in [0.2, 0.25) is 0 Å². The van der Waals surface area contributed by atoms with Gasteiger partial charge in [0.05, 0.1) is 0 Å². The minimum atomic E-state index is -0.920. The van der Waals surface area contributed by atoms with E-state index >= 15 is 0 Å². The zero-order valence-electron chi connectivity index (χ0n) is 21.6. The Kier molecular flexibility index (Phi) is 81.4. The molecular formula is C24H45Cl3Cr2O6. The molecule has 0 heterocycles.